The van der Waals surface area contributed by atoms with Crippen molar-refractivity contribution in [3.63, 3.8) is 0 Å². The van der Waals surface area contributed by atoms with Crippen molar-refractivity contribution in [1.29, 1.82) is 0 Å². The van der Waals surface area contributed by atoms with Gasteiger partial charge in [0.1, 0.15) is 0 Å². The fourth-order valence-electron chi connectivity index (χ4n) is 2.33. The molecule has 1 aromatic rings. The van der Waals surface area contributed by atoms with Gasteiger partial charge in [0, 0.05) is 5.69 Å². The topological polar surface area (TPSA) is 66.4 Å². The number of hydrogen-bond donors (Lipinski definition) is 2. The van der Waals surface area contributed by atoms with Gasteiger partial charge in [-0.25, -0.2) is 0 Å². The summed E-state index contributed by atoms with van der Waals surface area (Å²) in [5, 5.41) is 12.0. The molecule has 0 bridgehead atoms. The Bertz CT molecular complexity index is 522. The minimum atomic E-state index is -0.909. The summed E-state index contributed by atoms with van der Waals surface area (Å²) >= 11 is 0. The molecule has 0 saturated heterocycles. The Morgan fingerprint density at radius 3 is 2.53 bits per heavy atom. The van der Waals surface area contributed by atoms with E-state index in [1.807, 2.05) is 37.3 Å². The zero-order valence-corrected chi connectivity index (χ0v) is 10.8. The number of nitrogens with one attached hydrogen (secondary N) is 1. The summed E-state index contributed by atoms with van der Waals surface area (Å²) in [6.07, 6.45) is 4.60. The average Bonchev–Trinajstić information content (AvgIpc) is 2.38. The summed E-state index contributed by atoms with van der Waals surface area (Å²) in [5.41, 5.74) is 1.76. The molecule has 1 aliphatic rings. The van der Waals surface area contributed by atoms with Crippen LogP contribution in [0.2, 0.25) is 0 Å². The molecule has 0 unspecified atom stereocenters. The van der Waals surface area contributed by atoms with Gasteiger partial charge in [0.15, 0.2) is 0 Å². The van der Waals surface area contributed by atoms with Crippen molar-refractivity contribution >= 4 is 17.6 Å². The molecule has 0 aliphatic heterocycles. The number of anilines is 1. The summed E-state index contributed by atoms with van der Waals surface area (Å²) < 4.78 is 0. The number of carbonyl (C=O) groups is 2. The van der Waals surface area contributed by atoms with Crippen LogP contribution in [0.1, 0.15) is 18.4 Å². The third-order valence-corrected chi connectivity index (χ3v) is 3.37. The van der Waals surface area contributed by atoms with Gasteiger partial charge in [-0.2, -0.15) is 0 Å². The second kappa shape index (κ2) is 5.69. The highest BCUT2D eigenvalue weighted by Gasteiger charge is 2.33. The Hall–Kier alpha value is -2.10. The van der Waals surface area contributed by atoms with E-state index < -0.39 is 17.8 Å². The van der Waals surface area contributed by atoms with E-state index in [4.69, 9.17) is 5.11 Å². The average molecular weight is 259 g/mol. The zero-order chi connectivity index (χ0) is 13.8. The van der Waals surface area contributed by atoms with E-state index in [9.17, 15) is 9.59 Å². The largest absolute Gasteiger partial charge is 0.481 e. The summed E-state index contributed by atoms with van der Waals surface area (Å²) in [7, 11) is 0. The molecule has 4 nitrogen and oxygen atoms in total. The van der Waals surface area contributed by atoms with Crippen molar-refractivity contribution in [1.82, 2.24) is 0 Å². The van der Waals surface area contributed by atoms with E-state index >= 15 is 0 Å². The molecule has 2 atom stereocenters. The number of allylic oxidation sites excluding steroid dienone is 2. The maximum absolute atomic E-state index is 12.2. The van der Waals surface area contributed by atoms with Crippen molar-refractivity contribution in [2.45, 2.75) is 19.8 Å². The maximum atomic E-state index is 12.2. The van der Waals surface area contributed by atoms with E-state index in [0.717, 1.165) is 5.56 Å². The summed E-state index contributed by atoms with van der Waals surface area (Å²) in [4.78, 5) is 23.3. The normalized spacial score (nSPS) is 21.9. The summed E-state index contributed by atoms with van der Waals surface area (Å²) in [6.45, 7) is 1.94. The van der Waals surface area contributed by atoms with Crippen molar-refractivity contribution in [2.24, 2.45) is 11.8 Å². The van der Waals surface area contributed by atoms with Crippen LogP contribution < -0.4 is 5.32 Å². The van der Waals surface area contributed by atoms with Gasteiger partial charge < -0.3 is 10.4 Å². The predicted molar refractivity (Wildman–Crippen MR) is 72.8 cm³/mol. The lowest BCUT2D eigenvalue weighted by Crippen LogP contribution is -2.34. The SMILES string of the molecule is Cc1cccc(NC(=O)[C@H]2CC=CC[C@H]2C(=O)O)c1. The first-order chi connectivity index (χ1) is 9.08. The Balaban J connectivity index is 2.10. The number of carbonyl (C=O) groups excluding carboxylic acids is 1. The molecule has 0 aromatic heterocycles. The molecule has 0 radical (unpaired) electrons. The fourth-order valence-corrected chi connectivity index (χ4v) is 2.33. The Morgan fingerprint density at radius 2 is 1.89 bits per heavy atom. The van der Waals surface area contributed by atoms with E-state index in [1.165, 1.54) is 0 Å². The first-order valence-electron chi connectivity index (χ1n) is 6.33. The van der Waals surface area contributed by atoms with Gasteiger partial charge in [0.2, 0.25) is 5.91 Å². The maximum Gasteiger partial charge on any atom is 0.307 e. The minimum Gasteiger partial charge on any atom is -0.481 e. The Labute approximate surface area is 112 Å². The molecule has 100 valence electrons. The number of aryl methyl sites for hydroxylation is 1. The number of hydrogen-bond acceptors (Lipinski definition) is 2. The monoisotopic (exact) mass is 259 g/mol. The van der Waals surface area contributed by atoms with E-state index in [2.05, 4.69) is 5.32 Å². The number of benzene rings is 1. The molecule has 1 amide bonds. The van der Waals surface area contributed by atoms with Crippen LogP contribution in [0.4, 0.5) is 5.69 Å². The van der Waals surface area contributed by atoms with Crippen molar-refractivity contribution < 1.29 is 14.7 Å². The first kappa shape index (κ1) is 13.3. The lowest BCUT2D eigenvalue weighted by molar-refractivity contribution is -0.146. The molecule has 0 saturated carbocycles. The Kier molecular flexibility index (Phi) is 4.00. The van der Waals surface area contributed by atoms with E-state index in [-0.39, 0.29) is 5.91 Å². The molecule has 0 spiro atoms. The van der Waals surface area contributed by atoms with Crippen LogP contribution in [0, 0.1) is 18.8 Å². The lowest BCUT2D eigenvalue weighted by atomic mass is 9.82. The molecule has 1 aliphatic carbocycles. The highest BCUT2D eigenvalue weighted by molar-refractivity contribution is 5.95. The smallest absolute Gasteiger partial charge is 0.307 e. The molecular weight excluding hydrogens is 242 g/mol. The zero-order valence-electron chi connectivity index (χ0n) is 10.8. The minimum absolute atomic E-state index is 0.220. The predicted octanol–water partition coefficient (Wildman–Crippen LogP) is 2.60. The molecule has 19 heavy (non-hydrogen) atoms. The third-order valence-electron chi connectivity index (χ3n) is 3.37. The molecular formula is C15H17NO3. The number of amides is 1. The molecule has 0 heterocycles. The van der Waals surface area contributed by atoms with Crippen molar-refractivity contribution in [3.8, 4) is 0 Å². The van der Waals surface area contributed by atoms with Crippen LogP contribution in [0.15, 0.2) is 36.4 Å². The second-order valence-electron chi connectivity index (χ2n) is 4.85. The molecule has 4 heteroatoms. The fraction of sp³-hybridized carbons (Fsp3) is 0.333. The van der Waals surface area contributed by atoms with Gasteiger partial charge in [0.25, 0.3) is 0 Å². The van der Waals surface area contributed by atoms with Crippen LogP contribution >= 0.6 is 0 Å². The molecule has 2 N–H and O–H groups in total. The van der Waals surface area contributed by atoms with Crippen LogP contribution in [-0.4, -0.2) is 17.0 Å². The van der Waals surface area contributed by atoms with Gasteiger partial charge in [-0.3, -0.25) is 9.59 Å². The quantitative estimate of drug-likeness (QED) is 0.820. The number of rotatable bonds is 3. The first-order valence-corrected chi connectivity index (χ1v) is 6.33. The standard InChI is InChI=1S/C15H17NO3/c1-10-5-4-6-11(9-10)16-14(17)12-7-2-3-8-13(12)15(18)19/h2-6,9,12-13H,7-8H2,1H3,(H,16,17)(H,18,19)/t12-,13+/m0/s1. The van der Waals surface area contributed by atoms with Gasteiger partial charge >= 0.3 is 5.97 Å². The van der Waals surface area contributed by atoms with Gasteiger partial charge in [-0.1, -0.05) is 24.3 Å². The lowest BCUT2D eigenvalue weighted by Gasteiger charge is -2.24. The number of carboxylic acids is 1. The number of carboxylic acid groups (broad SMARTS) is 1. The van der Waals surface area contributed by atoms with Crippen LogP contribution in [-0.2, 0) is 9.59 Å². The van der Waals surface area contributed by atoms with Gasteiger partial charge in [0.05, 0.1) is 11.8 Å². The molecule has 1 aromatic carbocycles. The van der Waals surface area contributed by atoms with Crippen molar-refractivity contribution in [2.75, 3.05) is 5.32 Å². The van der Waals surface area contributed by atoms with Crippen molar-refractivity contribution in [3.05, 3.63) is 42.0 Å². The van der Waals surface area contributed by atoms with Crippen LogP contribution in [0.3, 0.4) is 0 Å². The molecule has 2 rings (SSSR count). The van der Waals surface area contributed by atoms with Gasteiger partial charge in [-0.15, -0.1) is 0 Å². The third kappa shape index (κ3) is 3.22. The van der Waals surface area contributed by atoms with E-state index in [0.29, 0.717) is 18.5 Å². The second-order valence-corrected chi connectivity index (χ2v) is 4.85. The van der Waals surface area contributed by atoms with Gasteiger partial charge in [-0.05, 0) is 37.5 Å². The highest BCUT2D eigenvalue weighted by Crippen LogP contribution is 2.27. The van der Waals surface area contributed by atoms with Crippen LogP contribution in [0.25, 0.3) is 0 Å². The summed E-state index contributed by atoms with van der Waals surface area (Å²) in [5.74, 6) is -2.26. The number of aliphatic carboxylic acids is 1. The van der Waals surface area contributed by atoms with E-state index in [1.54, 1.807) is 6.07 Å². The van der Waals surface area contributed by atoms with Crippen LogP contribution in [0.5, 0.6) is 0 Å². The Morgan fingerprint density at radius 1 is 1.21 bits per heavy atom. The molecule has 0 fully saturated rings. The summed E-state index contributed by atoms with van der Waals surface area (Å²) in [6, 6.07) is 7.48. The highest BCUT2D eigenvalue weighted by atomic mass is 16.4.